The van der Waals surface area contributed by atoms with Crippen molar-refractivity contribution in [3.8, 4) is 0 Å². The zero-order valence-corrected chi connectivity index (χ0v) is 14.2. The van der Waals surface area contributed by atoms with Gasteiger partial charge in [0.05, 0.1) is 11.6 Å². The number of nitrogens with one attached hydrogen (secondary N) is 1. The second-order valence-electron chi connectivity index (χ2n) is 7.12. The number of fused-ring (bicyclic) bond motifs is 5. The van der Waals surface area contributed by atoms with Gasteiger partial charge in [0, 0.05) is 17.0 Å². The molecule has 128 valence electrons. The van der Waals surface area contributed by atoms with E-state index in [2.05, 4.69) is 47.8 Å². The fraction of sp³-hybridized carbons (Fsp3) is 0.174. The second kappa shape index (κ2) is 5.73. The zero-order valence-electron chi connectivity index (χ0n) is 14.2. The molecule has 1 heterocycles. The van der Waals surface area contributed by atoms with Crippen LogP contribution in [-0.4, -0.2) is 11.1 Å². The summed E-state index contributed by atoms with van der Waals surface area (Å²) in [6.45, 7) is 0. The SMILES string of the molecule is O=C(O)c1ccccc1[C@@H]1Nc2c(ccc3ccccc23)[C@H]2C=CC[C@H]21. The monoisotopic (exact) mass is 341 g/mol. The van der Waals surface area contributed by atoms with Crippen LogP contribution in [0.2, 0.25) is 0 Å². The number of rotatable bonds is 2. The van der Waals surface area contributed by atoms with E-state index in [1.54, 1.807) is 12.1 Å². The van der Waals surface area contributed by atoms with Crippen molar-refractivity contribution in [2.24, 2.45) is 5.92 Å². The minimum atomic E-state index is -0.867. The van der Waals surface area contributed by atoms with E-state index in [-0.39, 0.29) is 6.04 Å². The molecule has 26 heavy (non-hydrogen) atoms. The van der Waals surface area contributed by atoms with E-state index in [0.29, 0.717) is 17.4 Å². The van der Waals surface area contributed by atoms with Gasteiger partial charge in [-0.05, 0) is 34.9 Å². The molecule has 0 radical (unpaired) electrons. The lowest BCUT2D eigenvalue weighted by atomic mass is 9.75. The van der Waals surface area contributed by atoms with Crippen molar-refractivity contribution in [3.05, 3.63) is 89.5 Å². The van der Waals surface area contributed by atoms with Crippen molar-refractivity contribution < 1.29 is 9.90 Å². The third kappa shape index (κ3) is 2.17. The lowest BCUT2D eigenvalue weighted by Gasteiger charge is -2.38. The third-order valence-corrected chi connectivity index (χ3v) is 5.79. The Hall–Kier alpha value is -3.07. The fourth-order valence-electron chi connectivity index (χ4n) is 4.61. The Morgan fingerprint density at radius 2 is 1.77 bits per heavy atom. The number of carbonyl (C=O) groups is 1. The molecule has 0 amide bonds. The number of aromatic carboxylic acids is 1. The highest BCUT2D eigenvalue weighted by atomic mass is 16.4. The van der Waals surface area contributed by atoms with E-state index in [1.165, 1.54) is 16.3 Å². The van der Waals surface area contributed by atoms with E-state index in [1.807, 2.05) is 18.2 Å². The molecule has 0 unspecified atom stereocenters. The van der Waals surface area contributed by atoms with Gasteiger partial charge in [-0.3, -0.25) is 0 Å². The van der Waals surface area contributed by atoms with E-state index in [9.17, 15) is 9.90 Å². The van der Waals surface area contributed by atoms with Crippen LogP contribution in [0.4, 0.5) is 5.69 Å². The molecular weight excluding hydrogens is 322 g/mol. The number of allylic oxidation sites excluding steroid dienone is 2. The number of hydrogen-bond donors (Lipinski definition) is 2. The number of benzene rings is 3. The summed E-state index contributed by atoms with van der Waals surface area (Å²) in [6, 6.07) is 20.1. The van der Waals surface area contributed by atoms with Gasteiger partial charge in [-0.1, -0.05) is 66.7 Å². The number of carboxylic acids is 1. The quantitative estimate of drug-likeness (QED) is 0.617. The maximum Gasteiger partial charge on any atom is 0.336 e. The number of carboxylic acid groups (broad SMARTS) is 1. The summed E-state index contributed by atoms with van der Waals surface area (Å²) in [5.41, 5.74) is 3.71. The smallest absolute Gasteiger partial charge is 0.336 e. The fourth-order valence-corrected chi connectivity index (χ4v) is 4.61. The largest absolute Gasteiger partial charge is 0.478 e. The van der Waals surface area contributed by atoms with Gasteiger partial charge in [0.1, 0.15) is 0 Å². The van der Waals surface area contributed by atoms with Crippen LogP contribution in [0.1, 0.15) is 39.9 Å². The molecule has 3 aromatic carbocycles. The van der Waals surface area contributed by atoms with Gasteiger partial charge in [-0.25, -0.2) is 4.79 Å². The average Bonchev–Trinajstić information content (AvgIpc) is 3.17. The van der Waals surface area contributed by atoms with Crippen LogP contribution in [0.15, 0.2) is 72.8 Å². The van der Waals surface area contributed by atoms with Crippen LogP contribution in [0.5, 0.6) is 0 Å². The van der Waals surface area contributed by atoms with E-state index in [4.69, 9.17) is 0 Å². The summed E-state index contributed by atoms with van der Waals surface area (Å²) in [7, 11) is 0. The van der Waals surface area contributed by atoms with Gasteiger partial charge in [0.2, 0.25) is 0 Å². The lowest BCUT2D eigenvalue weighted by molar-refractivity contribution is 0.0694. The lowest BCUT2D eigenvalue weighted by Crippen LogP contribution is -2.30. The van der Waals surface area contributed by atoms with Gasteiger partial charge in [0.25, 0.3) is 0 Å². The first kappa shape index (κ1) is 15.2. The minimum Gasteiger partial charge on any atom is -0.478 e. The summed E-state index contributed by atoms with van der Waals surface area (Å²) in [5, 5.41) is 15.8. The standard InChI is InChI=1S/C23H19NO2/c25-23(26)20-9-4-3-8-18(20)22-17-11-5-10-16(17)19-13-12-14-6-1-2-7-15(14)21(19)24-22/h1-10,12-13,16-17,22,24H,11H2,(H,25,26)/t16-,17+,22+/m0/s1. The Bertz CT molecular complexity index is 1050. The normalized spacial score (nSPS) is 23.3. The molecule has 0 bridgehead atoms. The highest BCUT2D eigenvalue weighted by Crippen LogP contribution is 2.51. The van der Waals surface area contributed by atoms with Gasteiger partial charge >= 0.3 is 5.97 Å². The van der Waals surface area contributed by atoms with Crippen LogP contribution < -0.4 is 5.32 Å². The molecule has 3 aromatic rings. The molecule has 0 saturated heterocycles. The van der Waals surface area contributed by atoms with Crippen LogP contribution in [0, 0.1) is 5.92 Å². The van der Waals surface area contributed by atoms with Crippen molar-refractivity contribution in [2.45, 2.75) is 18.4 Å². The van der Waals surface area contributed by atoms with E-state index >= 15 is 0 Å². The predicted octanol–water partition coefficient (Wildman–Crippen LogP) is 5.36. The molecule has 3 nitrogen and oxygen atoms in total. The Morgan fingerprint density at radius 1 is 0.962 bits per heavy atom. The Kier molecular flexibility index (Phi) is 3.35. The molecule has 0 saturated carbocycles. The zero-order chi connectivity index (χ0) is 17.7. The summed E-state index contributed by atoms with van der Waals surface area (Å²) >= 11 is 0. The van der Waals surface area contributed by atoms with Crippen molar-refractivity contribution in [1.29, 1.82) is 0 Å². The highest BCUT2D eigenvalue weighted by molar-refractivity contribution is 5.97. The molecule has 1 aliphatic carbocycles. The highest BCUT2D eigenvalue weighted by Gasteiger charge is 2.39. The molecule has 1 aliphatic heterocycles. The van der Waals surface area contributed by atoms with E-state index in [0.717, 1.165) is 17.7 Å². The summed E-state index contributed by atoms with van der Waals surface area (Å²) in [5.74, 6) is -0.208. The molecule has 0 spiro atoms. The summed E-state index contributed by atoms with van der Waals surface area (Å²) in [6.07, 6.45) is 5.48. The first-order valence-corrected chi connectivity index (χ1v) is 9.01. The Labute approximate surface area is 152 Å². The van der Waals surface area contributed by atoms with Gasteiger partial charge in [0.15, 0.2) is 0 Å². The Morgan fingerprint density at radius 3 is 2.65 bits per heavy atom. The minimum absolute atomic E-state index is 0.0133. The maximum atomic E-state index is 11.8. The molecule has 5 rings (SSSR count). The first-order valence-electron chi connectivity index (χ1n) is 9.01. The molecule has 2 N–H and O–H groups in total. The van der Waals surface area contributed by atoms with Crippen molar-refractivity contribution >= 4 is 22.4 Å². The molecule has 3 heteroatoms. The van der Waals surface area contributed by atoms with Crippen LogP contribution in [0.25, 0.3) is 10.8 Å². The Balaban J connectivity index is 1.72. The first-order chi connectivity index (χ1) is 12.7. The van der Waals surface area contributed by atoms with Crippen LogP contribution >= 0.6 is 0 Å². The van der Waals surface area contributed by atoms with Gasteiger partial charge in [-0.2, -0.15) is 0 Å². The molecule has 0 aromatic heterocycles. The average molecular weight is 341 g/mol. The van der Waals surface area contributed by atoms with Crippen molar-refractivity contribution in [2.75, 3.05) is 5.32 Å². The van der Waals surface area contributed by atoms with E-state index < -0.39 is 5.97 Å². The molecule has 3 atom stereocenters. The predicted molar refractivity (Wildman–Crippen MR) is 104 cm³/mol. The third-order valence-electron chi connectivity index (χ3n) is 5.79. The molecule has 0 fully saturated rings. The summed E-state index contributed by atoms with van der Waals surface area (Å²) in [4.78, 5) is 11.8. The number of anilines is 1. The van der Waals surface area contributed by atoms with Crippen molar-refractivity contribution in [1.82, 2.24) is 0 Å². The second-order valence-corrected chi connectivity index (χ2v) is 7.12. The summed E-state index contributed by atoms with van der Waals surface area (Å²) < 4.78 is 0. The molecular formula is C23H19NO2. The van der Waals surface area contributed by atoms with Gasteiger partial charge < -0.3 is 10.4 Å². The van der Waals surface area contributed by atoms with Crippen molar-refractivity contribution in [3.63, 3.8) is 0 Å². The van der Waals surface area contributed by atoms with Crippen LogP contribution in [0.3, 0.4) is 0 Å². The van der Waals surface area contributed by atoms with Crippen LogP contribution in [-0.2, 0) is 0 Å². The molecule has 2 aliphatic rings. The topological polar surface area (TPSA) is 49.3 Å². The van der Waals surface area contributed by atoms with Gasteiger partial charge in [-0.15, -0.1) is 0 Å². The number of hydrogen-bond acceptors (Lipinski definition) is 2. The maximum absolute atomic E-state index is 11.8.